The molecule has 0 aliphatic carbocycles. The number of hydrogen-bond donors (Lipinski definition) is 2. The molecular weight excluding hydrogens is 409 g/mol. The Kier molecular flexibility index (Phi) is 9.39. The molecule has 116 valence electrons. The predicted molar refractivity (Wildman–Crippen MR) is 97.0 cm³/mol. The summed E-state index contributed by atoms with van der Waals surface area (Å²) in [5.41, 5.74) is 0. The molecule has 1 aromatic rings. The number of guanidine groups is 1. The minimum Gasteiger partial charge on any atom is -0.357 e. The SMILES string of the molecule is CCNC(=NCc1ccc(C)s1)NCCS(C)(=O)=O.I. The van der Waals surface area contributed by atoms with Gasteiger partial charge in [-0.2, -0.15) is 0 Å². The van der Waals surface area contributed by atoms with Gasteiger partial charge in [0.05, 0.1) is 12.3 Å². The van der Waals surface area contributed by atoms with Crippen LogP contribution in [0.5, 0.6) is 0 Å². The molecule has 0 aliphatic heterocycles. The summed E-state index contributed by atoms with van der Waals surface area (Å²) in [4.78, 5) is 6.88. The molecule has 2 N–H and O–H groups in total. The van der Waals surface area contributed by atoms with Crippen LogP contribution in [-0.2, 0) is 16.4 Å². The zero-order chi connectivity index (χ0) is 14.3. The van der Waals surface area contributed by atoms with E-state index in [1.165, 1.54) is 16.0 Å². The number of aryl methyl sites for hydroxylation is 1. The van der Waals surface area contributed by atoms with Crippen LogP contribution in [-0.4, -0.2) is 39.5 Å². The van der Waals surface area contributed by atoms with E-state index in [9.17, 15) is 8.42 Å². The van der Waals surface area contributed by atoms with Gasteiger partial charge < -0.3 is 10.6 Å². The molecule has 1 rings (SSSR count). The van der Waals surface area contributed by atoms with E-state index in [1.807, 2.05) is 6.92 Å². The smallest absolute Gasteiger partial charge is 0.191 e. The summed E-state index contributed by atoms with van der Waals surface area (Å²) in [6.45, 7) is 5.76. The molecule has 0 atom stereocenters. The highest BCUT2D eigenvalue weighted by atomic mass is 127. The number of nitrogens with zero attached hydrogens (tertiary/aromatic N) is 1. The lowest BCUT2D eigenvalue weighted by Crippen LogP contribution is -2.39. The van der Waals surface area contributed by atoms with Crippen LogP contribution in [0.1, 0.15) is 16.7 Å². The van der Waals surface area contributed by atoms with Crippen molar-refractivity contribution in [1.29, 1.82) is 0 Å². The Balaban J connectivity index is 0.00000361. The fourth-order valence-corrected chi connectivity index (χ4v) is 2.71. The van der Waals surface area contributed by atoms with E-state index >= 15 is 0 Å². The first-order valence-corrected chi connectivity index (χ1v) is 9.03. The third-order valence-electron chi connectivity index (χ3n) is 2.30. The second kappa shape index (κ2) is 9.56. The Morgan fingerprint density at radius 2 is 2.05 bits per heavy atom. The summed E-state index contributed by atoms with van der Waals surface area (Å²) < 4.78 is 22.1. The van der Waals surface area contributed by atoms with Crippen LogP contribution in [0.2, 0.25) is 0 Å². The molecule has 8 heteroatoms. The van der Waals surface area contributed by atoms with Gasteiger partial charge in [0.1, 0.15) is 9.84 Å². The summed E-state index contributed by atoms with van der Waals surface area (Å²) >= 11 is 1.72. The highest BCUT2D eigenvalue weighted by Gasteiger charge is 2.03. The average Bonchev–Trinajstić information content (AvgIpc) is 2.70. The minimum atomic E-state index is -2.94. The molecule has 5 nitrogen and oxygen atoms in total. The standard InChI is InChI=1S/C12H21N3O2S2.HI/c1-4-13-12(14-7-8-19(3,16)17)15-9-11-6-5-10(2)18-11;/h5-6H,4,7-9H2,1-3H3,(H2,13,14,15);1H. The number of sulfone groups is 1. The van der Waals surface area contributed by atoms with E-state index in [1.54, 1.807) is 11.3 Å². The second-order valence-electron chi connectivity index (χ2n) is 4.26. The van der Waals surface area contributed by atoms with Crippen molar-refractivity contribution < 1.29 is 8.42 Å². The molecule has 0 spiro atoms. The van der Waals surface area contributed by atoms with Crippen LogP contribution in [0.4, 0.5) is 0 Å². The largest absolute Gasteiger partial charge is 0.357 e. The highest BCUT2D eigenvalue weighted by Crippen LogP contribution is 2.15. The van der Waals surface area contributed by atoms with Crippen LogP contribution >= 0.6 is 35.3 Å². The molecule has 0 aliphatic rings. The van der Waals surface area contributed by atoms with Crippen molar-refractivity contribution in [2.75, 3.05) is 25.1 Å². The molecular formula is C12H22IN3O2S2. The number of thiophene rings is 1. The molecule has 0 bridgehead atoms. The van der Waals surface area contributed by atoms with Gasteiger partial charge in [-0.3, -0.25) is 0 Å². The lowest BCUT2D eigenvalue weighted by Gasteiger charge is -2.10. The topological polar surface area (TPSA) is 70.6 Å². The van der Waals surface area contributed by atoms with Gasteiger partial charge in [0.2, 0.25) is 0 Å². The van der Waals surface area contributed by atoms with Gasteiger partial charge in [-0.15, -0.1) is 35.3 Å². The number of hydrogen-bond acceptors (Lipinski definition) is 4. The minimum absolute atomic E-state index is 0. The third kappa shape index (κ3) is 8.75. The lowest BCUT2D eigenvalue weighted by atomic mass is 10.4. The van der Waals surface area contributed by atoms with E-state index in [4.69, 9.17) is 0 Å². The number of halogens is 1. The first-order chi connectivity index (χ1) is 8.90. The van der Waals surface area contributed by atoms with Crippen molar-refractivity contribution >= 4 is 51.1 Å². The maximum atomic E-state index is 11.1. The van der Waals surface area contributed by atoms with E-state index in [0.717, 1.165) is 6.54 Å². The first-order valence-electron chi connectivity index (χ1n) is 6.16. The number of rotatable bonds is 6. The second-order valence-corrected chi connectivity index (χ2v) is 7.90. The summed E-state index contributed by atoms with van der Waals surface area (Å²) in [7, 11) is -2.94. The van der Waals surface area contributed by atoms with Crippen LogP contribution in [0.3, 0.4) is 0 Å². The molecule has 0 amide bonds. The fraction of sp³-hybridized carbons (Fsp3) is 0.583. The Bertz CT molecular complexity index is 527. The van der Waals surface area contributed by atoms with Crippen molar-refractivity contribution in [3.8, 4) is 0 Å². The fourth-order valence-electron chi connectivity index (χ4n) is 1.42. The molecule has 20 heavy (non-hydrogen) atoms. The van der Waals surface area contributed by atoms with Crippen molar-refractivity contribution in [1.82, 2.24) is 10.6 Å². The summed E-state index contributed by atoms with van der Waals surface area (Å²) in [5.74, 6) is 0.757. The monoisotopic (exact) mass is 431 g/mol. The summed E-state index contributed by atoms with van der Waals surface area (Å²) in [6.07, 6.45) is 1.23. The van der Waals surface area contributed by atoms with Gasteiger partial charge in [-0.25, -0.2) is 13.4 Å². The van der Waals surface area contributed by atoms with E-state index in [-0.39, 0.29) is 29.7 Å². The van der Waals surface area contributed by atoms with Crippen LogP contribution < -0.4 is 10.6 Å². The number of aliphatic imine (C=N–C) groups is 1. The van der Waals surface area contributed by atoms with E-state index < -0.39 is 9.84 Å². The van der Waals surface area contributed by atoms with Gasteiger partial charge in [0.25, 0.3) is 0 Å². The van der Waals surface area contributed by atoms with Crippen molar-refractivity contribution in [2.24, 2.45) is 4.99 Å². The first kappa shape index (κ1) is 19.7. The zero-order valence-electron chi connectivity index (χ0n) is 12.0. The van der Waals surface area contributed by atoms with E-state index in [2.05, 4.69) is 34.7 Å². The van der Waals surface area contributed by atoms with Crippen molar-refractivity contribution in [3.05, 3.63) is 21.9 Å². The number of nitrogens with one attached hydrogen (secondary N) is 2. The van der Waals surface area contributed by atoms with Gasteiger partial charge in [-0.1, -0.05) is 0 Å². The molecule has 1 aromatic heterocycles. The molecule has 0 saturated carbocycles. The molecule has 0 radical (unpaired) electrons. The predicted octanol–water partition coefficient (Wildman–Crippen LogP) is 1.77. The van der Waals surface area contributed by atoms with E-state index in [0.29, 0.717) is 19.0 Å². The van der Waals surface area contributed by atoms with Gasteiger partial charge in [0, 0.05) is 29.1 Å². The van der Waals surface area contributed by atoms with Crippen LogP contribution in [0, 0.1) is 6.92 Å². The zero-order valence-corrected chi connectivity index (χ0v) is 15.9. The Hall–Kier alpha value is -0.350. The quantitative estimate of drug-likeness (QED) is 0.409. The van der Waals surface area contributed by atoms with Gasteiger partial charge in [0.15, 0.2) is 5.96 Å². The molecule has 0 unspecified atom stereocenters. The molecule has 0 fully saturated rings. The molecule has 1 heterocycles. The van der Waals surface area contributed by atoms with Crippen LogP contribution in [0.25, 0.3) is 0 Å². The highest BCUT2D eigenvalue weighted by molar-refractivity contribution is 14.0. The third-order valence-corrected chi connectivity index (χ3v) is 4.23. The normalized spacial score (nSPS) is 11.8. The maximum absolute atomic E-state index is 11.1. The molecule has 0 aromatic carbocycles. The van der Waals surface area contributed by atoms with Gasteiger partial charge >= 0.3 is 0 Å². The maximum Gasteiger partial charge on any atom is 0.191 e. The van der Waals surface area contributed by atoms with Crippen molar-refractivity contribution in [2.45, 2.75) is 20.4 Å². The Labute approximate surface area is 142 Å². The summed E-state index contributed by atoms with van der Waals surface area (Å²) in [5, 5.41) is 6.11. The summed E-state index contributed by atoms with van der Waals surface area (Å²) in [6, 6.07) is 4.13. The molecule has 0 saturated heterocycles. The average molecular weight is 431 g/mol. The van der Waals surface area contributed by atoms with Gasteiger partial charge in [-0.05, 0) is 26.0 Å². The van der Waals surface area contributed by atoms with Crippen LogP contribution in [0.15, 0.2) is 17.1 Å². The Morgan fingerprint density at radius 1 is 1.35 bits per heavy atom. The Morgan fingerprint density at radius 3 is 2.55 bits per heavy atom. The van der Waals surface area contributed by atoms with Crippen molar-refractivity contribution in [3.63, 3.8) is 0 Å². The lowest BCUT2D eigenvalue weighted by molar-refractivity contribution is 0.600.